The monoisotopic (exact) mass is 497 g/mol. The fourth-order valence-electron chi connectivity index (χ4n) is 3.55. The number of aliphatic hydroxyl groups excluding tert-OH is 1. The van der Waals surface area contributed by atoms with Gasteiger partial charge in [0.2, 0.25) is 0 Å². The van der Waals surface area contributed by atoms with Crippen LogP contribution in [-0.2, 0) is 27.4 Å². The Hall–Kier alpha value is -1.38. The number of hydrogen-bond donors (Lipinski definition) is 2. The molecule has 0 saturated heterocycles. The van der Waals surface area contributed by atoms with Crippen molar-refractivity contribution in [1.29, 1.82) is 0 Å². The van der Waals surface area contributed by atoms with Gasteiger partial charge in [0.1, 0.15) is 5.75 Å². The number of halogens is 2. The van der Waals surface area contributed by atoms with Crippen molar-refractivity contribution >= 4 is 23.2 Å². The SMILES string of the molecule is O[C@@H](CNCCCCCCOCCOCc1c(Cl)cccc1Cl)c1ccc2c(c1)COCO2. The van der Waals surface area contributed by atoms with Crippen LogP contribution in [-0.4, -0.2) is 44.8 Å². The van der Waals surface area contributed by atoms with Gasteiger partial charge >= 0.3 is 0 Å². The molecule has 1 heterocycles. The fourth-order valence-corrected chi connectivity index (χ4v) is 4.05. The highest BCUT2D eigenvalue weighted by Gasteiger charge is 2.14. The minimum Gasteiger partial charge on any atom is -0.467 e. The summed E-state index contributed by atoms with van der Waals surface area (Å²) in [7, 11) is 0. The van der Waals surface area contributed by atoms with E-state index in [9.17, 15) is 5.11 Å². The van der Waals surface area contributed by atoms with Crippen LogP contribution in [0.5, 0.6) is 5.75 Å². The van der Waals surface area contributed by atoms with E-state index < -0.39 is 6.10 Å². The molecule has 0 bridgehead atoms. The molecule has 1 atom stereocenters. The molecule has 0 fully saturated rings. The quantitative estimate of drug-likeness (QED) is 0.326. The number of fused-ring (bicyclic) bond motifs is 1. The van der Waals surface area contributed by atoms with Crippen LogP contribution >= 0.6 is 23.2 Å². The summed E-state index contributed by atoms with van der Waals surface area (Å²) >= 11 is 12.2. The molecule has 0 spiro atoms. The van der Waals surface area contributed by atoms with Crippen molar-refractivity contribution in [3.63, 3.8) is 0 Å². The molecule has 1 aliphatic rings. The van der Waals surface area contributed by atoms with Gasteiger partial charge in [-0.05, 0) is 49.2 Å². The lowest BCUT2D eigenvalue weighted by Gasteiger charge is -2.20. The predicted octanol–water partition coefficient (Wildman–Crippen LogP) is 5.28. The molecule has 3 rings (SSSR count). The van der Waals surface area contributed by atoms with Crippen LogP contribution in [0.2, 0.25) is 10.0 Å². The van der Waals surface area contributed by atoms with E-state index in [1.807, 2.05) is 24.3 Å². The maximum atomic E-state index is 10.4. The molecule has 0 amide bonds. The second kappa shape index (κ2) is 14.8. The molecule has 33 heavy (non-hydrogen) atoms. The largest absolute Gasteiger partial charge is 0.467 e. The van der Waals surface area contributed by atoms with Gasteiger partial charge in [-0.1, -0.05) is 48.2 Å². The second-order valence-electron chi connectivity index (χ2n) is 7.98. The third-order valence-corrected chi connectivity index (χ3v) is 6.14. The van der Waals surface area contributed by atoms with Crippen molar-refractivity contribution < 1.29 is 24.1 Å². The van der Waals surface area contributed by atoms with Crippen molar-refractivity contribution in [3.05, 3.63) is 63.1 Å². The Balaban J connectivity index is 1.13. The molecule has 0 radical (unpaired) electrons. The summed E-state index contributed by atoms with van der Waals surface area (Å²) in [5.41, 5.74) is 2.68. The summed E-state index contributed by atoms with van der Waals surface area (Å²) in [6.07, 6.45) is 3.80. The Morgan fingerprint density at radius 2 is 1.76 bits per heavy atom. The first kappa shape index (κ1) is 26.2. The predicted molar refractivity (Wildman–Crippen MR) is 130 cm³/mol. The number of rotatable bonds is 15. The van der Waals surface area contributed by atoms with Gasteiger partial charge in [-0.15, -0.1) is 0 Å². The number of benzene rings is 2. The van der Waals surface area contributed by atoms with Gasteiger partial charge in [0, 0.05) is 34.3 Å². The van der Waals surface area contributed by atoms with Gasteiger partial charge in [0.05, 0.1) is 32.5 Å². The molecule has 0 saturated carbocycles. The molecule has 2 aromatic rings. The normalized spacial score (nSPS) is 14.0. The van der Waals surface area contributed by atoms with Crippen LogP contribution in [0.4, 0.5) is 0 Å². The van der Waals surface area contributed by atoms with Gasteiger partial charge in [0.15, 0.2) is 6.79 Å². The molecule has 0 aliphatic carbocycles. The summed E-state index contributed by atoms with van der Waals surface area (Å²) in [5.74, 6) is 0.837. The summed E-state index contributed by atoms with van der Waals surface area (Å²) in [4.78, 5) is 0. The molecule has 182 valence electrons. The number of aliphatic hydroxyl groups is 1. The Kier molecular flexibility index (Phi) is 11.8. The Morgan fingerprint density at radius 3 is 2.61 bits per heavy atom. The van der Waals surface area contributed by atoms with Crippen molar-refractivity contribution in [2.45, 2.75) is 45.0 Å². The first-order valence-corrected chi connectivity index (χ1v) is 12.2. The molecule has 8 heteroatoms. The highest BCUT2D eigenvalue weighted by Crippen LogP contribution is 2.27. The molecular formula is C25H33Cl2NO5. The highest BCUT2D eigenvalue weighted by atomic mass is 35.5. The topological polar surface area (TPSA) is 69.2 Å². The van der Waals surface area contributed by atoms with Crippen LogP contribution in [0, 0.1) is 0 Å². The summed E-state index contributed by atoms with van der Waals surface area (Å²) < 4.78 is 21.9. The lowest BCUT2D eigenvalue weighted by atomic mass is 10.0. The van der Waals surface area contributed by atoms with Crippen LogP contribution in [0.1, 0.15) is 48.5 Å². The summed E-state index contributed by atoms with van der Waals surface area (Å²) in [5, 5.41) is 15.0. The van der Waals surface area contributed by atoms with Crippen LogP contribution in [0.25, 0.3) is 0 Å². The van der Waals surface area contributed by atoms with Crippen molar-refractivity contribution in [1.82, 2.24) is 5.32 Å². The average Bonchev–Trinajstić information content (AvgIpc) is 2.83. The molecule has 6 nitrogen and oxygen atoms in total. The van der Waals surface area contributed by atoms with Gasteiger partial charge in [-0.2, -0.15) is 0 Å². The van der Waals surface area contributed by atoms with Crippen LogP contribution in [0.3, 0.4) is 0 Å². The Bertz CT molecular complexity index is 831. The van der Waals surface area contributed by atoms with E-state index in [0.717, 1.165) is 61.3 Å². The lowest BCUT2D eigenvalue weighted by Crippen LogP contribution is -2.23. The maximum absolute atomic E-state index is 10.4. The number of unbranched alkanes of at least 4 members (excludes halogenated alkanes) is 3. The summed E-state index contributed by atoms with van der Waals surface area (Å²) in [6.45, 7) is 4.42. The Morgan fingerprint density at radius 1 is 0.970 bits per heavy atom. The highest BCUT2D eigenvalue weighted by molar-refractivity contribution is 6.35. The van der Waals surface area contributed by atoms with Crippen molar-refractivity contribution in [2.24, 2.45) is 0 Å². The molecule has 0 aromatic heterocycles. The van der Waals surface area contributed by atoms with E-state index in [-0.39, 0.29) is 6.79 Å². The molecule has 1 aliphatic heterocycles. The first-order valence-electron chi connectivity index (χ1n) is 11.5. The van der Waals surface area contributed by atoms with Gasteiger partial charge in [-0.25, -0.2) is 0 Å². The van der Waals surface area contributed by atoms with E-state index in [0.29, 0.717) is 43.0 Å². The number of nitrogens with one attached hydrogen (secondary N) is 1. The fraction of sp³-hybridized carbons (Fsp3) is 0.520. The second-order valence-corrected chi connectivity index (χ2v) is 8.79. The molecule has 2 N–H and O–H groups in total. The van der Waals surface area contributed by atoms with E-state index >= 15 is 0 Å². The standard InChI is InChI=1S/C25H33Cl2NO5/c26-22-6-5-7-23(27)21(22)17-31-13-12-30-11-4-2-1-3-10-28-15-24(29)19-8-9-25-20(14-19)16-32-18-33-25/h5-9,14,24,28-29H,1-4,10-13,15-18H2/t24-/m0/s1. The van der Waals surface area contributed by atoms with E-state index in [1.54, 1.807) is 12.1 Å². The lowest BCUT2D eigenvalue weighted by molar-refractivity contribution is -0.0165. The Labute approximate surface area is 206 Å². The zero-order chi connectivity index (χ0) is 23.3. The molecular weight excluding hydrogens is 465 g/mol. The van der Waals surface area contributed by atoms with E-state index in [4.69, 9.17) is 42.1 Å². The number of ether oxygens (including phenoxy) is 4. The summed E-state index contributed by atoms with van der Waals surface area (Å²) in [6, 6.07) is 11.2. The van der Waals surface area contributed by atoms with E-state index in [1.165, 1.54) is 0 Å². The maximum Gasteiger partial charge on any atom is 0.189 e. The molecule has 2 aromatic carbocycles. The number of hydrogen-bond acceptors (Lipinski definition) is 6. The van der Waals surface area contributed by atoms with Crippen molar-refractivity contribution in [2.75, 3.05) is 39.7 Å². The zero-order valence-electron chi connectivity index (χ0n) is 18.9. The van der Waals surface area contributed by atoms with Gasteiger partial charge in [-0.3, -0.25) is 0 Å². The van der Waals surface area contributed by atoms with Gasteiger partial charge < -0.3 is 29.4 Å². The van der Waals surface area contributed by atoms with E-state index in [2.05, 4.69) is 5.32 Å². The minimum atomic E-state index is -0.540. The third-order valence-electron chi connectivity index (χ3n) is 5.43. The zero-order valence-corrected chi connectivity index (χ0v) is 20.4. The molecule has 0 unspecified atom stereocenters. The van der Waals surface area contributed by atoms with Crippen LogP contribution in [0.15, 0.2) is 36.4 Å². The smallest absolute Gasteiger partial charge is 0.189 e. The average molecular weight is 498 g/mol. The van der Waals surface area contributed by atoms with Crippen molar-refractivity contribution in [3.8, 4) is 5.75 Å². The third kappa shape index (κ3) is 9.06. The minimum absolute atomic E-state index is 0.289. The first-order chi connectivity index (χ1) is 16.1. The van der Waals surface area contributed by atoms with Crippen LogP contribution < -0.4 is 10.1 Å². The van der Waals surface area contributed by atoms with Gasteiger partial charge in [0.25, 0.3) is 0 Å².